The summed E-state index contributed by atoms with van der Waals surface area (Å²) in [6, 6.07) is 5.40. The number of unbranched alkanes of at least 4 members (excludes halogenated alkanes) is 1. The predicted molar refractivity (Wildman–Crippen MR) is 82.1 cm³/mol. The third-order valence-electron chi connectivity index (χ3n) is 2.67. The van der Waals surface area contributed by atoms with Gasteiger partial charge < -0.3 is 5.11 Å². The van der Waals surface area contributed by atoms with E-state index < -0.39 is 10.0 Å². The first kappa shape index (κ1) is 16.5. The van der Waals surface area contributed by atoms with Crippen molar-refractivity contribution in [3.05, 3.63) is 29.3 Å². The Morgan fingerprint density at radius 1 is 1.35 bits per heavy atom. The molecule has 0 saturated carbocycles. The number of hydrogen-bond donors (Lipinski definition) is 2. The molecule has 1 aromatic carbocycles. The minimum absolute atomic E-state index is 0.00360. The molecule has 0 aliphatic carbocycles. The summed E-state index contributed by atoms with van der Waals surface area (Å²) in [4.78, 5) is 0. The molecular formula is C15H21NO3S. The molecule has 1 aromatic rings. The van der Waals surface area contributed by atoms with Gasteiger partial charge in [-0.05, 0) is 31.0 Å². The molecule has 0 radical (unpaired) electrons. The van der Waals surface area contributed by atoms with Gasteiger partial charge in [0.05, 0.1) is 18.0 Å². The summed E-state index contributed by atoms with van der Waals surface area (Å²) in [5, 5.41) is 8.74. The van der Waals surface area contributed by atoms with Crippen LogP contribution in [0.2, 0.25) is 0 Å². The number of rotatable bonds is 6. The van der Waals surface area contributed by atoms with E-state index in [4.69, 9.17) is 5.11 Å². The first-order valence-corrected chi connectivity index (χ1v) is 8.34. The van der Waals surface area contributed by atoms with Gasteiger partial charge in [-0.25, -0.2) is 8.42 Å². The molecule has 0 fully saturated rings. The lowest BCUT2D eigenvalue weighted by molar-refractivity contribution is 0.305. The summed E-state index contributed by atoms with van der Waals surface area (Å²) in [5.74, 6) is 5.82. The number of aryl methyl sites for hydroxylation is 1. The van der Waals surface area contributed by atoms with Crippen molar-refractivity contribution in [3.8, 4) is 11.8 Å². The largest absolute Gasteiger partial charge is 0.395 e. The maximum Gasteiger partial charge on any atom is 0.232 e. The zero-order valence-corrected chi connectivity index (χ0v) is 12.8. The van der Waals surface area contributed by atoms with Gasteiger partial charge in [0.2, 0.25) is 10.0 Å². The topological polar surface area (TPSA) is 66.4 Å². The second-order valence-corrected chi connectivity index (χ2v) is 6.44. The van der Waals surface area contributed by atoms with Crippen molar-refractivity contribution in [2.45, 2.75) is 33.1 Å². The number of benzene rings is 1. The summed E-state index contributed by atoms with van der Waals surface area (Å²) < 4.78 is 26.4. The molecule has 0 amide bonds. The molecule has 0 unspecified atom stereocenters. The van der Waals surface area contributed by atoms with E-state index in [0.29, 0.717) is 24.1 Å². The average Bonchev–Trinajstić information content (AvgIpc) is 2.40. The molecule has 0 aliphatic rings. The molecule has 20 heavy (non-hydrogen) atoms. The summed E-state index contributed by atoms with van der Waals surface area (Å²) in [7, 11) is -3.33. The Kier molecular flexibility index (Phi) is 6.56. The molecule has 110 valence electrons. The van der Waals surface area contributed by atoms with Gasteiger partial charge >= 0.3 is 0 Å². The van der Waals surface area contributed by atoms with E-state index in [2.05, 4.69) is 16.6 Å². The molecule has 0 heterocycles. The molecule has 5 heteroatoms. The van der Waals surface area contributed by atoms with E-state index >= 15 is 0 Å². The smallest absolute Gasteiger partial charge is 0.232 e. The van der Waals surface area contributed by atoms with E-state index in [9.17, 15) is 8.42 Å². The van der Waals surface area contributed by atoms with Gasteiger partial charge in [0, 0.05) is 12.0 Å². The van der Waals surface area contributed by atoms with Gasteiger partial charge in [0.25, 0.3) is 0 Å². The van der Waals surface area contributed by atoms with Crippen molar-refractivity contribution < 1.29 is 13.5 Å². The summed E-state index contributed by atoms with van der Waals surface area (Å²) in [6.45, 7) is 3.87. The van der Waals surface area contributed by atoms with Crippen molar-refractivity contribution in [1.29, 1.82) is 0 Å². The first-order chi connectivity index (χ1) is 9.48. The first-order valence-electron chi connectivity index (χ1n) is 6.69. The lowest BCUT2D eigenvalue weighted by Crippen LogP contribution is -2.17. The van der Waals surface area contributed by atoms with Crippen LogP contribution in [0, 0.1) is 18.8 Å². The Labute approximate surface area is 121 Å². The Hall–Kier alpha value is -1.51. The maximum absolute atomic E-state index is 11.9. The fourth-order valence-electron chi connectivity index (χ4n) is 1.62. The molecule has 0 spiro atoms. The summed E-state index contributed by atoms with van der Waals surface area (Å²) in [5.41, 5.74) is 2.14. The Balaban J connectivity index is 2.98. The third kappa shape index (κ3) is 5.64. The van der Waals surface area contributed by atoms with Crippen LogP contribution in [0.15, 0.2) is 18.2 Å². The van der Waals surface area contributed by atoms with E-state index in [1.807, 2.05) is 26.0 Å². The van der Waals surface area contributed by atoms with Gasteiger partial charge in [-0.2, -0.15) is 0 Å². The maximum atomic E-state index is 11.9. The highest BCUT2D eigenvalue weighted by atomic mass is 32.2. The van der Waals surface area contributed by atoms with Crippen LogP contribution in [0.1, 0.15) is 37.3 Å². The van der Waals surface area contributed by atoms with Crippen molar-refractivity contribution in [2.24, 2.45) is 0 Å². The third-order valence-corrected chi connectivity index (χ3v) is 4.02. The monoisotopic (exact) mass is 295 g/mol. The number of aliphatic hydroxyl groups is 1. The number of hydrogen-bond acceptors (Lipinski definition) is 3. The summed E-state index contributed by atoms with van der Waals surface area (Å²) in [6.07, 6.45) is 1.83. The number of aliphatic hydroxyl groups excluding tert-OH is 1. The zero-order valence-electron chi connectivity index (χ0n) is 11.9. The minimum atomic E-state index is -3.33. The van der Waals surface area contributed by atoms with Crippen LogP contribution < -0.4 is 4.72 Å². The van der Waals surface area contributed by atoms with Crippen LogP contribution in [0.3, 0.4) is 0 Å². The molecule has 0 atom stereocenters. The van der Waals surface area contributed by atoms with Crippen LogP contribution in [-0.4, -0.2) is 25.9 Å². The lowest BCUT2D eigenvalue weighted by Gasteiger charge is -2.10. The van der Waals surface area contributed by atoms with E-state index in [-0.39, 0.29) is 12.4 Å². The van der Waals surface area contributed by atoms with Crippen LogP contribution in [0.25, 0.3) is 0 Å². The van der Waals surface area contributed by atoms with Gasteiger partial charge in [0.15, 0.2) is 0 Å². The average molecular weight is 295 g/mol. The molecule has 0 saturated heterocycles. The van der Waals surface area contributed by atoms with Crippen molar-refractivity contribution in [3.63, 3.8) is 0 Å². The second-order valence-electron chi connectivity index (χ2n) is 4.60. The normalized spacial score (nSPS) is 10.8. The standard InChI is InChI=1S/C15H21NO3S/c1-3-4-11-20(18,19)16-15-9-8-13(2)12-14(15)7-5-6-10-17/h8-9,12,16-17H,3-4,6,10-11H2,1-2H3. The molecule has 1 rings (SSSR count). The van der Waals surface area contributed by atoms with Gasteiger partial charge in [-0.15, -0.1) is 0 Å². The molecule has 0 bridgehead atoms. The van der Waals surface area contributed by atoms with Gasteiger partial charge in [-0.3, -0.25) is 4.72 Å². The lowest BCUT2D eigenvalue weighted by atomic mass is 10.1. The fourth-order valence-corrected chi connectivity index (χ4v) is 2.90. The number of nitrogens with one attached hydrogen (secondary N) is 1. The molecule has 0 aromatic heterocycles. The highest BCUT2D eigenvalue weighted by Gasteiger charge is 2.11. The fraction of sp³-hybridized carbons (Fsp3) is 0.467. The van der Waals surface area contributed by atoms with Crippen LogP contribution in [-0.2, 0) is 10.0 Å². The molecule has 4 nitrogen and oxygen atoms in total. The van der Waals surface area contributed by atoms with Crippen molar-refractivity contribution in [1.82, 2.24) is 0 Å². The highest BCUT2D eigenvalue weighted by Crippen LogP contribution is 2.18. The van der Waals surface area contributed by atoms with Crippen molar-refractivity contribution in [2.75, 3.05) is 17.1 Å². The second kappa shape index (κ2) is 7.93. The van der Waals surface area contributed by atoms with Crippen LogP contribution in [0.5, 0.6) is 0 Å². The zero-order chi connectivity index (χ0) is 15.0. The van der Waals surface area contributed by atoms with Crippen LogP contribution in [0.4, 0.5) is 5.69 Å². The van der Waals surface area contributed by atoms with Gasteiger partial charge in [-0.1, -0.05) is 31.3 Å². The molecule has 2 N–H and O–H groups in total. The Morgan fingerprint density at radius 3 is 2.75 bits per heavy atom. The Morgan fingerprint density at radius 2 is 2.10 bits per heavy atom. The summed E-state index contributed by atoms with van der Waals surface area (Å²) >= 11 is 0. The Bertz CT molecular complexity index is 597. The van der Waals surface area contributed by atoms with Crippen LogP contribution >= 0.6 is 0 Å². The quantitative estimate of drug-likeness (QED) is 0.791. The minimum Gasteiger partial charge on any atom is -0.395 e. The number of sulfonamides is 1. The van der Waals surface area contributed by atoms with Crippen molar-refractivity contribution >= 4 is 15.7 Å². The van der Waals surface area contributed by atoms with Gasteiger partial charge in [0.1, 0.15) is 0 Å². The van der Waals surface area contributed by atoms with E-state index in [0.717, 1.165) is 12.0 Å². The highest BCUT2D eigenvalue weighted by molar-refractivity contribution is 7.92. The molecule has 0 aliphatic heterocycles. The molecular weight excluding hydrogens is 274 g/mol. The predicted octanol–water partition coefficient (Wildman–Crippen LogP) is 2.27. The number of anilines is 1. The van der Waals surface area contributed by atoms with E-state index in [1.165, 1.54) is 0 Å². The SMILES string of the molecule is CCCCS(=O)(=O)Nc1ccc(C)cc1C#CCCO. The van der Waals surface area contributed by atoms with E-state index in [1.54, 1.807) is 6.07 Å².